The van der Waals surface area contributed by atoms with Gasteiger partial charge >= 0.3 is 0 Å². The maximum absolute atomic E-state index is 5.64. The van der Waals surface area contributed by atoms with E-state index in [-0.39, 0.29) is 0 Å². The topological polar surface area (TPSA) is 43.0 Å². The van der Waals surface area contributed by atoms with E-state index in [1.165, 1.54) is 16.8 Å². The summed E-state index contributed by atoms with van der Waals surface area (Å²) < 4.78 is 7.69. The summed E-state index contributed by atoms with van der Waals surface area (Å²) in [6.07, 6.45) is 2.79. The highest BCUT2D eigenvalue weighted by molar-refractivity contribution is 5.25. The molecule has 0 aliphatic carbocycles. The Hall–Kier alpha value is -1.55. The third-order valence-electron chi connectivity index (χ3n) is 3.72. The van der Waals surface area contributed by atoms with Gasteiger partial charge in [0.15, 0.2) is 0 Å². The zero-order chi connectivity index (χ0) is 14.7. The number of aromatic nitrogens is 2. The monoisotopic (exact) mass is 275 g/mol. The van der Waals surface area contributed by atoms with Crippen LogP contribution in [-0.4, -0.2) is 15.8 Å². The third-order valence-corrected chi connectivity index (χ3v) is 3.72. The predicted molar refractivity (Wildman–Crippen MR) is 80.9 cm³/mol. The molecule has 0 spiro atoms. The molecule has 0 amide bonds. The van der Waals surface area contributed by atoms with Crippen molar-refractivity contribution in [3.63, 3.8) is 0 Å². The van der Waals surface area contributed by atoms with E-state index >= 15 is 0 Å². The Bertz CT molecular complexity index is 566. The van der Waals surface area contributed by atoms with Crippen LogP contribution in [-0.2, 0) is 19.5 Å². The van der Waals surface area contributed by atoms with E-state index in [4.69, 9.17) is 4.42 Å². The van der Waals surface area contributed by atoms with Crippen LogP contribution in [0, 0.1) is 13.8 Å². The van der Waals surface area contributed by atoms with Gasteiger partial charge in [0.2, 0.25) is 0 Å². The van der Waals surface area contributed by atoms with Crippen molar-refractivity contribution in [2.24, 2.45) is 0 Å². The SMILES string of the molecule is CCc1c(C)nn(Cc2occc2CNC(C)C)c1C. The highest BCUT2D eigenvalue weighted by Gasteiger charge is 2.13. The number of hydrogen-bond acceptors (Lipinski definition) is 3. The summed E-state index contributed by atoms with van der Waals surface area (Å²) in [5, 5.41) is 8.06. The van der Waals surface area contributed by atoms with E-state index in [9.17, 15) is 0 Å². The van der Waals surface area contributed by atoms with Crippen molar-refractivity contribution in [3.05, 3.63) is 40.6 Å². The number of hydrogen-bond donors (Lipinski definition) is 1. The molecule has 4 heteroatoms. The first kappa shape index (κ1) is 14.9. The molecule has 0 fully saturated rings. The van der Waals surface area contributed by atoms with Gasteiger partial charge in [0, 0.05) is 23.8 Å². The molecule has 0 aliphatic heterocycles. The Morgan fingerprint density at radius 2 is 2.10 bits per heavy atom. The fourth-order valence-electron chi connectivity index (χ4n) is 2.51. The van der Waals surface area contributed by atoms with Crippen LogP contribution < -0.4 is 5.32 Å². The second-order valence-corrected chi connectivity index (χ2v) is 5.57. The van der Waals surface area contributed by atoms with Gasteiger partial charge in [-0.15, -0.1) is 0 Å². The fourth-order valence-corrected chi connectivity index (χ4v) is 2.51. The lowest BCUT2D eigenvalue weighted by Gasteiger charge is -2.09. The fraction of sp³-hybridized carbons (Fsp3) is 0.562. The summed E-state index contributed by atoms with van der Waals surface area (Å²) in [5.41, 5.74) is 4.92. The van der Waals surface area contributed by atoms with Crippen LogP contribution in [0.15, 0.2) is 16.7 Å². The summed E-state index contributed by atoms with van der Waals surface area (Å²) in [4.78, 5) is 0. The molecule has 2 rings (SSSR count). The maximum Gasteiger partial charge on any atom is 0.129 e. The van der Waals surface area contributed by atoms with E-state index in [1.807, 2.05) is 10.7 Å². The summed E-state index contributed by atoms with van der Waals surface area (Å²) in [6.45, 7) is 12.2. The Morgan fingerprint density at radius 3 is 2.70 bits per heavy atom. The first-order valence-corrected chi connectivity index (χ1v) is 7.34. The average molecular weight is 275 g/mol. The summed E-state index contributed by atoms with van der Waals surface area (Å²) in [5.74, 6) is 0.992. The molecule has 0 saturated carbocycles. The van der Waals surface area contributed by atoms with Gasteiger partial charge in [0.05, 0.1) is 18.5 Å². The highest BCUT2D eigenvalue weighted by Crippen LogP contribution is 2.17. The van der Waals surface area contributed by atoms with Gasteiger partial charge in [-0.1, -0.05) is 20.8 Å². The second kappa shape index (κ2) is 6.27. The average Bonchev–Trinajstić information content (AvgIpc) is 2.93. The van der Waals surface area contributed by atoms with E-state index in [2.05, 4.69) is 45.0 Å². The zero-order valence-electron chi connectivity index (χ0n) is 13.2. The Labute approximate surface area is 121 Å². The first-order chi connectivity index (χ1) is 9.52. The Balaban J connectivity index is 2.16. The molecule has 2 heterocycles. The van der Waals surface area contributed by atoms with E-state index in [0.29, 0.717) is 12.6 Å². The Morgan fingerprint density at radius 1 is 1.35 bits per heavy atom. The zero-order valence-corrected chi connectivity index (χ0v) is 13.2. The van der Waals surface area contributed by atoms with Crippen molar-refractivity contribution in [1.82, 2.24) is 15.1 Å². The number of aryl methyl sites for hydroxylation is 1. The van der Waals surface area contributed by atoms with Gasteiger partial charge in [0.1, 0.15) is 5.76 Å². The van der Waals surface area contributed by atoms with Gasteiger partial charge in [-0.25, -0.2) is 0 Å². The largest absolute Gasteiger partial charge is 0.467 e. The maximum atomic E-state index is 5.64. The molecule has 0 saturated heterocycles. The molecule has 1 N–H and O–H groups in total. The molecule has 0 atom stereocenters. The minimum atomic E-state index is 0.470. The lowest BCUT2D eigenvalue weighted by Crippen LogP contribution is -2.22. The standard InChI is InChI=1S/C16H25N3O/c1-6-15-12(4)18-19(13(15)5)10-16-14(7-8-20-16)9-17-11(2)3/h7-8,11,17H,6,9-10H2,1-5H3. The van der Waals surface area contributed by atoms with E-state index < -0.39 is 0 Å². The number of furan rings is 1. The summed E-state index contributed by atoms with van der Waals surface area (Å²) in [6, 6.07) is 2.51. The molecular weight excluding hydrogens is 250 g/mol. The van der Waals surface area contributed by atoms with Crippen LogP contribution in [0.1, 0.15) is 49.0 Å². The van der Waals surface area contributed by atoms with Gasteiger partial charge < -0.3 is 9.73 Å². The van der Waals surface area contributed by atoms with Crippen molar-refractivity contribution >= 4 is 0 Å². The van der Waals surface area contributed by atoms with Crippen LogP contribution in [0.5, 0.6) is 0 Å². The van der Waals surface area contributed by atoms with Crippen molar-refractivity contribution in [2.75, 3.05) is 0 Å². The first-order valence-electron chi connectivity index (χ1n) is 7.34. The van der Waals surface area contributed by atoms with Crippen molar-refractivity contribution in [3.8, 4) is 0 Å². The number of nitrogens with zero attached hydrogens (tertiary/aromatic N) is 2. The van der Waals surface area contributed by atoms with Gasteiger partial charge in [0.25, 0.3) is 0 Å². The predicted octanol–water partition coefficient (Wildman–Crippen LogP) is 3.20. The van der Waals surface area contributed by atoms with Gasteiger partial charge in [-0.3, -0.25) is 4.68 Å². The van der Waals surface area contributed by atoms with Crippen LogP contribution in [0.25, 0.3) is 0 Å². The molecule has 20 heavy (non-hydrogen) atoms. The number of rotatable bonds is 6. The molecule has 0 radical (unpaired) electrons. The lowest BCUT2D eigenvalue weighted by molar-refractivity contribution is 0.466. The molecule has 0 aromatic carbocycles. The van der Waals surface area contributed by atoms with Gasteiger partial charge in [-0.05, 0) is 31.9 Å². The molecule has 110 valence electrons. The normalized spacial score (nSPS) is 11.5. The molecule has 0 aliphatic rings. The Kier molecular flexibility index (Phi) is 4.65. The number of nitrogens with one attached hydrogen (secondary N) is 1. The van der Waals surface area contributed by atoms with Crippen LogP contribution in [0.2, 0.25) is 0 Å². The van der Waals surface area contributed by atoms with E-state index in [0.717, 1.165) is 24.4 Å². The van der Waals surface area contributed by atoms with Gasteiger partial charge in [-0.2, -0.15) is 5.10 Å². The molecule has 2 aromatic rings. The minimum absolute atomic E-state index is 0.470. The second-order valence-electron chi connectivity index (χ2n) is 5.57. The molecule has 0 unspecified atom stereocenters. The molecule has 0 bridgehead atoms. The highest BCUT2D eigenvalue weighted by atomic mass is 16.3. The summed E-state index contributed by atoms with van der Waals surface area (Å²) >= 11 is 0. The van der Waals surface area contributed by atoms with Crippen molar-refractivity contribution < 1.29 is 4.42 Å². The smallest absolute Gasteiger partial charge is 0.129 e. The minimum Gasteiger partial charge on any atom is -0.467 e. The van der Waals surface area contributed by atoms with Crippen LogP contribution in [0.3, 0.4) is 0 Å². The van der Waals surface area contributed by atoms with Crippen molar-refractivity contribution in [1.29, 1.82) is 0 Å². The van der Waals surface area contributed by atoms with Crippen LogP contribution in [0.4, 0.5) is 0 Å². The molecule has 4 nitrogen and oxygen atoms in total. The van der Waals surface area contributed by atoms with Crippen LogP contribution >= 0.6 is 0 Å². The lowest BCUT2D eigenvalue weighted by atomic mass is 10.1. The summed E-state index contributed by atoms with van der Waals surface area (Å²) in [7, 11) is 0. The quantitative estimate of drug-likeness (QED) is 0.880. The van der Waals surface area contributed by atoms with Crippen molar-refractivity contribution in [2.45, 2.75) is 60.2 Å². The third kappa shape index (κ3) is 3.12. The van der Waals surface area contributed by atoms with E-state index in [1.54, 1.807) is 6.26 Å². The molecule has 2 aromatic heterocycles. The molecular formula is C16H25N3O.